The van der Waals surface area contributed by atoms with Gasteiger partial charge in [0.1, 0.15) is 24.0 Å². The summed E-state index contributed by atoms with van der Waals surface area (Å²) in [4.78, 5) is 20.5. The van der Waals surface area contributed by atoms with Crippen LogP contribution in [0.3, 0.4) is 0 Å². The molecule has 1 aromatic carbocycles. The van der Waals surface area contributed by atoms with Crippen LogP contribution >= 0.6 is 0 Å². The highest BCUT2D eigenvalue weighted by molar-refractivity contribution is 6.09. The van der Waals surface area contributed by atoms with Crippen molar-refractivity contribution in [3.05, 3.63) is 36.0 Å². The van der Waals surface area contributed by atoms with Gasteiger partial charge in [0.2, 0.25) is 0 Å². The number of carbonyl (C=O) groups excluding carboxylic acids is 1. The summed E-state index contributed by atoms with van der Waals surface area (Å²) in [6.45, 7) is 8.67. The van der Waals surface area contributed by atoms with Gasteiger partial charge in [0.25, 0.3) is 0 Å². The van der Waals surface area contributed by atoms with Gasteiger partial charge in [0, 0.05) is 31.2 Å². The van der Waals surface area contributed by atoms with E-state index in [0.29, 0.717) is 54.5 Å². The minimum Gasteiger partial charge on any atom is -0.491 e. The number of pyridine rings is 1. The molecule has 10 heteroatoms. The molecule has 0 bridgehead atoms. The number of rotatable bonds is 9. The van der Waals surface area contributed by atoms with Crippen LogP contribution in [0.15, 0.2) is 30.5 Å². The topological polar surface area (TPSA) is 125 Å². The number of carbonyl (C=O) groups is 1. The van der Waals surface area contributed by atoms with Crippen LogP contribution in [-0.2, 0) is 9.47 Å². The maximum atomic E-state index is 13.4. The van der Waals surface area contributed by atoms with E-state index in [1.54, 1.807) is 25.3 Å². The fourth-order valence-corrected chi connectivity index (χ4v) is 4.14. The van der Waals surface area contributed by atoms with Crippen molar-refractivity contribution in [3.8, 4) is 17.0 Å². The molecule has 1 unspecified atom stereocenters. The van der Waals surface area contributed by atoms with Crippen molar-refractivity contribution in [1.82, 2.24) is 14.8 Å². The molecule has 10 nitrogen and oxygen atoms in total. The number of aliphatic hydroxyl groups excluding tert-OH is 1. The number of hydrogen-bond acceptors (Lipinski definition) is 9. The molecule has 3 aromatic rings. The zero-order chi connectivity index (χ0) is 24.9. The molecular formula is C25H33N5O5. The van der Waals surface area contributed by atoms with Crippen LogP contribution in [-0.4, -0.2) is 78.0 Å². The smallest absolute Gasteiger partial charge is 0.342 e. The number of hydrogen-bond donors (Lipinski definition) is 2. The Bertz CT molecular complexity index is 1170. The van der Waals surface area contributed by atoms with Crippen LogP contribution < -0.4 is 15.4 Å². The van der Waals surface area contributed by atoms with Crippen LogP contribution in [0.5, 0.6) is 5.75 Å². The SMILES string of the molecule is CCOC(=O)c1c(-c2cccc(OCC(O)CN)c2)nc2c(cnn2C(C)C)c1N1CCOCC1. The summed E-state index contributed by atoms with van der Waals surface area (Å²) in [5.41, 5.74) is 8.51. The van der Waals surface area contributed by atoms with Crippen molar-refractivity contribution in [2.45, 2.75) is 32.9 Å². The lowest BCUT2D eigenvalue weighted by Crippen LogP contribution is -2.37. The summed E-state index contributed by atoms with van der Waals surface area (Å²) >= 11 is 0. The van der Waals surface area contributed by atoms with Crippen LogP contribution in [0.4, 0.5) is 5.69 Å². The third-order valence-electron chi connectivity index (χ3n) is 5.83. The number of aromatic nitrogens is 3. The molecule has 0 spiro atoms. The van der Waals surface area contributed by atoms with E-state index in [2.05, 4.69) is 10.00 Å². The highest BCUT2D eigenvalue weighted by atomic mass is 16.5. The van der Waals surface area contributed by atoms with E-state index in [0.717, 1.165) is 11.1 Å². The number of esters is 1. The molecule has 1 atom stereocenters. The molecule has 0 aliphatic carbocycles. The molecule has 1 fully saturated rings. The summed E-state index contributed by atoms with van der Waals surface area (Å²) in [6, 6.07) is 7.37. The van der Waals surface area contributed by atoms with Crippen LogP contribution in [0.2, 0.25) is 0 Å². The molecule has 3 heterocycles. The first-order valence-electron chi connectivity index (χ1n) is 12.0. The Labute approximate surface area is 204 Å². The maximum absolute atomic E-state index is 13.4. The van der Waals surface area contributed by atoms with Crippen molar-refractivity contribution in [3.63, 3.8) is 0 Å². The van der Waals surface area contributed by atoms with Gasteiger partial charge in [-0.15, -0.1) is 0 Å². The Morgan fingerprint density at radius 1 is 1.29 bits per heavy atom. The number of aliphatic hydroxyl groups is 1. The second-order valence-corrected chi connectivity index (χ2v) is 8.65. The molecule has 3 N–H and O–H groups in total. The third-order valence-corrected chi connectivity index (χ3v) is 5.83. The largest absolute Gasteiger partial charge is 0.491 e. The lowest BCUT2D eigenvalue weighted by Gasteiger charge is -2.31. The van der Waals surface area contributed by atoms with Crippen molar-refractivity contribution in [2.24, 2.45) is 5.73 Å². The molecule has 35 heavy (non-hydrogen) atoms. The summed E-state index contributed by atoms with van der Waals surface area (Å²) in [7, 11) is 0. The minimum atomic E-state index is -0.767. The number of ether oxygens (including phenoxy) is 3. The minimum absolute atomic E-state index is 0.0658. The molecule has 0 saturated carbocycles. The molecular weight excluding hydrogens is 450 g/mol. The van der Waals surface area contributed by atoms with Crippen LogP contribution in [0.1, 0.15) is 37.2 Å². The first-order valence-corrected chi connectivity index (χ1v) is 12.0. The van der Waals surface area contributed by atoms with E-state index in [1.807, 2.05) is 30.7 Å². The van der Waals surface area contributed by atoms with E-state index < -0.39 is 12.1 Å². The Balaban J connectivity index is 1.94. The van der Waals surface area contributed by atoms with Gasteiger partial charge in [0.15, 0.2) is 5.65 Å². The number of morpholine rings is 1. The molecule has 1 saturated heterocycles. The van der Waals surface area contributed by atoms with Crippen LogP contribution in [0, 0.1) is 0 Å². The Hall–Kier alpha value is -3.21. The summed E-state index contributed by atoms with van der Waals surface area (Å²) in [6.07, 6.45) is 1.00. The lowest BCUT2D eigenvalue weighted by atomic mass is 10.0. The second-order valence-electron chi connectivity index (χ2n) is 8.65. The fourth-order valence-electron chi connectivity index (χ4n) is 4.14. The van der Waals surface area contributed by atoms with Gasteiger partial charge in [-0.05, 0) is 32.9 Å². The first kappa shape index (κ1) is 24.9. The van der Waals surface area contributed by atoms with E-state index in [9.17, 15) is 9.90 Å². The van der Waals surface area contributed by atoms with Crippen molar-refractivity contribution in [1.29, 1.82) is 0 Å². The Morgan fingerprint density at radius 3 is 2.74 bits per heavy atom. The molecule has 0 amide bonds. The number of benzene rings is 1. The van der Waals surface area contributed by atoms with Gasteiger partial charge in [-0.3, -0.25) is 0 Å². The van der Waals surface area contributed by atoms with Gasteiger partial charge in [0.05, 0.1) is 42.8 Å². The van der Waals surface area contributed by atoms with Gasteiger partial charge < -0.3 is 30.0 Å². The molecule has 188 valence electrons. The molecule has 2 aromatic heterocycles. The highest BCUT2D eigenvalue weighted by Gasteiger charge is 2.30. The Morgan fingerprint density at radius 2 is 2.06 bits per heavy atom. The third kappa shape index (κ3) is 5.24. The van der Waals surface area contributed by atoms with Gasteiger partial charge in [-0.25, -0.2) is 14.5 Å². The second kappa shape index (κ2) is 11.0. The Kier molecular flexibility index (Phi) is 7.84. The average molecular weight is 484 g/mol. The number of nitrogens with zero attached hydrogens (tertiary/aromatic N) is 4. The monoisotopic (exact) mass is 483 g/mol. The van der Waals surface area contributed by atoms with Crippen molar-refractivity contribution < 1.29 is 24.1 Å². The highest BCUT2D eigenvalue weighted by Crippen LogP contribution is 2.38. The van der Waals surface area contributed by atoms with Gasteiger partial charge in [-0.1, -0.05) is 12.1 Å². The molecule has 1 aliphatic rings. The lowest BCUT2D eigenvalue weighted by molar-refractivity contribution is 0.0527. The number of nitrogens with two attached hydrogens (primary N) is 1. The standard InChI is InChI=1S/C25H33N5O5/c1-4-34-25(32)21-22(17-6-5-7-19(12-17)35-15-18(31)13-26)28-24-20(14-27-30(24)16(2)3)23(21)29-8-10-33-11-9-29/h5-7,12,14,16,18,31H,4,8-11,13,15,26H2,1-3H3. The van der Waals surface area contributed by atoms with E-state index in [4.69, 9.17) is 24.9 Å². The summed E-state index contributed by atoms with van der Waals surface area (Å²) < 4.78 is 18.7. The predicted octanol–water partition coefficient (Wildman–Crippen LogP) is 2.39. The molecule has 1 aliphatic heterocycles. The average Bonchev–Trinajstić information content (AvgIpc) is 3.31. The zero-order valence-corrected chi connectivity index (χ0v) is 20.4. The van der Waals surface area contributed by atoms with E-state index in [1.165, 1.54) is 0 Å². The number of anilines is 1. The van der Waals surface area contributed by atoms with Crippen LogP contribution in [0.25, 0.3) is 22.3 Å². The molecule has 4 rings (SSSR count). The van der Waals surface area contributed by atoms with Crippen molar-refractivity contribution >= 4 is 22.7 Å². The van der Waals surface area contributed by atoms with E-state index >= 15 is 0 Å². The summed E-state index contributed by atoms with van der Waals surface area (Å²) in [5.74, 6) is 0.0950. The zero-order valence-electron chi connectivity index (χ0n) is 20.4. The number of fused-ring (bicyclic) bond motifs is 1. The van der Waals surface area contributed by atoms with Gasteiger partial charge in [-0.2, -0.15) is 5.10 Å². The summed E-state index contributed by atoms with van der Waals surface area (Å²) in [5, 5.41) is 15.2. The normalized spacial score (nSPS) is 15.0. The fraction of sp³-hybridized carbons (Fsp3) is 0.480. The van der Waals surface area contributed by atoms with E-state index in [-0.39, 0.29) is 25.8 Å². The maximum Gasteiger partial charge on any atom is 0.342 e. The van der Waals surface area contributed by atoms with Gasteiger partial charge >= 0.3 is 5.97 Å². The van der Waals surface area contributed by atoms with Crippen molar-refractivity contribution in [2.75, 3.05) is 51.0 Å². The predicted molar refractivity (Wildman–Crippen MR) is 133 cm³/mol. The molecule has 0 radical (unpaired) electrons. The first-order chi connectivity index (χ1) is 16.9. The quantitative estimate of drug-likeness (QED) is 0.441.